The Morgan fingerprint density at radius 3 is 2.48 bits per heavy atom. The van der Waals surface area contributed by atoms with E-state index >= 15 is 0 Å². The predicted octanol–water partition coefficient (Wildman–Crippen LogP) is 4.24. The van der Waals surface area contributed by atoms with Gasteiger partial charge in [-0.3, -0.25) is 4.79 Å². The highest BCUT2D eigenvalue weighted by atomic mass is 32.2. The summed E-state index contributed by atoms with van der Waals surface area (Å²) in [5, 5.41) is 4.26. The first kappa shape index (κ1) is 17.4. The van der Waals surface area contributed by atoms with Crippen molar-refractivity contribution in [3.8, 4) is 5.69 Å². The lowest BCUT2D eigenvalue weighted by molar-refractivity contribution is 0.557. The van der Waals surface area contributed by atoms with Crippen LogP contribution in [0.4, 0.5) is 8.78 Å². The highest BCUT2D eigenvalue weighted by Crippen LogP contribution is 2.35. The molecule has 0 fully saturated rings. The Kier molecular flexibility index (Phi) is 4.49. The van der Waals surface area contributed by atoms with Crippen LogP contribution < -0.4 is 5.56 Å². The molecule has 2 heterocycles. The molecule has 136 valence electrons. The van der Waals surface area contributed by atoms with Crippen LogP contribution in [0.15, 0.2) is 64.7 Å². The molecule has 2 aromatic heterocycles. The third-order valence-corrected chi connectivity index (χ3v) is 5.12. The van der Waals surface area contributed by atoms with Gasteiger partial charge in [0.05, 0.1) is 11.9 Å². The van der Waals surface area contributed by atoms with Crippen molar-refractivity contribution >= 4 is 22.8 Å². The summed E-state index contributed by atoms with van der Waals surface area (Å²) in [5.74, 6) is -1.26. The first-order chi connectivity index (χ1) is 13.0. The number of fused-ring (bicyclic) bond motifs is 1. The fraction of sp³-hybridized carbons (Fsp3) is 0.105. The first-order valence-corrected chi connectivity index (χ1v) is 9.06. The quantitative estimate of drug-likeness (QED) is 0.422. The summed E-state index contributed by atoms with van der Waals surface area (Å²) >= 11 is 1.07. The van der Waals surface area contributed by atoms with E-state index in [2.05, 4.69) is 15.1 Å². The minimum atomic E-state index is -0.632. The van der Waals surface area contributed by atoms with Crippen LogP contribution in [0.3, 0.4) is 0 Å². The molecule has 0 aliphatic rings. The second-order valence-electron chi connectivity index (χ2n) is 5.90. The third-order valence-electron chi connectivity index (χ3n) is 4.11. The highest BCUT2D eigenvalue weighted by molar-refractivity contribution is 7.99. The monoisotopic (exact) mass is 384 g/mol. The summed E-state index contributed by atoms with van der Waals surface area (Å²) in [5.41, 5.74) is 0.733. The summed E-state index contributed by atoms with van der Waals surface area (Å²) < 4.78 is 29.6. The van der Waals surface area contributed by atoms with Gasteiger partial charge in [0.1, 0.15) is 17.0 Å². The number of hydrogen-bond acceptors (Lipinski definition) is 4. The smallest absolute Gasteiger partial charge is 0.262 e. The Balaban J connectivity index is 1.76. The van der Waals surface area contributed by atoms with Crippen molar-refractivity contribution in [2.24, 2.45) is 0 Å². The fourth-order valence-corrected chi connectivity index (χ4v) is 3.81. The van der Waals surface area contributed by atoms with Gasteiger partial charge in [-0.1, -0.05) is 36.0 Å². The zero-order valence-corrected chi connectivity index (χ0v) is 15.0. The minimum absolute atomic E-state index is 0.0539. The van der Waals surface area contributed by atoms with Gasteiger partial charge in [-0.05, 0) is 31.2 Å². The molecule has 4 rings (SSSR count). The molecule has 0 saturated carbocycles. The molecule has 2 aromatic carbocycles. The second kappa shape index (κ2) is 6.96. The SMILES string of the molecule is CC(Sc1nc2c(cnn2-c2ccccc2)c(=O)[nH]1)c1c(F)cccc1F. The highest BCUT2D eigenvalue weighted by Gasteiger charge is 2.19. The number of benzene rings is 2. The van der Waals surface area contributed by atoms with E-state index in [0.717, 1.165) is 17.4 Å². The molecule has 27 heavy (non-hydrogen) atoms. The Morgan fingerprint density at radius 1 is 1.07 bits per heavy atom. The number of nitrogens with one attached hydrogen (secondary N) is 1. The van der Waals surface area contributed by atoms with E-state index in [1.54, 1.807) is 11.6 Å². The fourth-order valence-electron chi connectivity index (χ4n) is 2.84. The summed E-state index contributed by atoms with van der Waals surface area (Å²) in [6.07, 6.45) is 1.45. The van der Waals surface area contributed by atoms with Crippen LogP contribution in [0.2, 0.25) is 0 Å². The van der Waals surface area contributed by atoms with Gasteiger partial charge in [0.25, 0.3) is 5.56 Å². The number of para-hydroxylation sites is 1. The van der Waals surface area contributed by atoms with Crippen molar-refractivity contribution in [2.45, 2.75) is 17.3 Å². The largest absolute Gasteiger partial charge is 0.301 e. The number of halogens is 2. The molecular weight excluding hydrogens is 370 g/mol. The molecule has 5 nitrogen and oxygen atoms in total. The summed E-state index contributed by atoms with van der Waals surface area (Å²) in [6.45, 7) is 1.66. The lowest BCUT2D eigenvalue weighted by Crippen LogP contribution is -2.10. The number of thioether (sulfide) groups is 1. The Hall–Kier alpha value is -3.00. The van der Waals surface area contributed by atoms with Gasteiger partial charge in [-0.15, -0.1) is 0 Å². The van der Waals surface area contributed by atoms with Crippen molar-refractivity contribution in [1.29, 1.82) is 0 Å². The minimum Gasteiger partial charge on any atom is -0.301 e. The maximum atomic E-state index is 14.0. The zero-order chi connectivity index (χ0) is 19.0. The van der Waals surface area contributed by atoms with E-state index in [1.807, 2.05) is 30.3 Å². The van der Waals surface area contributed by atoms with Gasteiger partial charge in [0, 0.05) is 10.8 Å². The van der Waals surface area contributed by atoms with Crippen molar-refractivity contribution in [3.63, 3.8) is 0 Å². The van der Waals surface area contributed by atoms with E-state index in [-0.39, 0.29) is 16.3 Å². The summed E-state index contributed by atoms with van der Waals surface area (Å²) in [6, 6.07) is 13.0. The molecule has 0 saturated heterocycles. The van der Waals surface area contributed by atoms with Crippen LogP contribution in [0.5, 0.6) is 0 Å². The van der Waals surface area contributed by atoms with Crippen molar-refractivity contribution in [3.05, 3.63) is 82.3 Å². The molecule has 4 aromatic rings. The summed E-state index contributed by atoms with van der Waals surface area (Å²) in [7, 11) is 0. The second-order valence-corrected chi connectivity index (χ2v) is 7.23. The number of aromatic nitrogens is 4. The molecule has 0 spiro atoms. The standard InChI is InChI=1S/C19H14F2N4OS/c1-11(16-14(20)8-5-9-15(16)21)27-19-23-17-13(18(26)24-19)10-22-25(17)12-6-3-2-4-7-12/h2-11H,1H3,(H,23,24,26). The van der Waals surface area contributed by atoms with Crippen molar-refractivity contribution in [1.82, 2.24) is 19.7 Å². The first-order valence-electron chi connectivity index (χ1n) is 8.18. The molecule has 0 aliphatic heterocycles. The van der Waals surface area contributed by atoms with Gasteiger partial charge < -0.3 is 4.98 Å². The predicted molar refractivity (Wildman–Crippen MR) is 100 cm³/mol. The zero-order valence-electron chi connectivity index (χ0n) is 14.2. The van der Waals surface area contributed by atoms with E-state index in [0.29, 0.717) is 11.0 Å². The summed E-state index contributed by atoms with van der Waals surface area (Å²) in [4.78, 5) is 19.5. The maximum absolute atomic E-state index is 14.0. The van der Waals surface area contributed by atoms with E-state index in [9.17, 15) is 13.6 Å². The van der Waals surface area contributed by atoms with E-state index in [4.69, 9.17) is 0 Å². The Labute approximate surface area is 157 Å². The van der Waals surface area contributed by atoms with Gasteiger partial charge in [-0.2, -0.15) is 5.10 Å². The van der Waals surface area contributed by atoms with Crippen LogP contribution in [0.1, 0.15) is 17.7 Å². The maximum Gasteiger partial charge on any atom is 0.262 e. The molecule has 0 bridgehead atoms. The van der Waals surface area contributed by atoms with Crippen molar-refractivity contribution in [2.75, 3.05) is 0 Å². The van der Waals surface area contributed by atoms with Gasteiger partial charge >= 0.3 is 0 Å². The normalized spacial score (nSPS) is 12.4. The number of aromatic amines is 1. The van der Waals surface area contributed by atoms with Crippen LogP contribution >= 0.6 is 11.8 Å². The Bertz CT molecular complexity index is 1150. The molecule has 1 unspecified atom stereocenters. The average molecular weight is 384 g/mol. The van der Waals surface area contributed by atoms with E-state index < -0.39 is 16.9 Å². The topological polar surface area (TPSA) is 63.6 Å². The molecule has 8 heteroatoms. The molecule has 0 amide bonds. The average Bonchev–Trinajstić information content (AvgIpc) is 3.07. The number of rotatable bonds is 4. The molecule has 1 N–H and O–H groups in total. The lowest BCUT2D eigenvalue weighted by atomic mass is 10.1. The van der Waals surface area contributed by atoms with Gasteiger partial charge in [0.2, 0.25) is 0 Å². The third kappa shape index (κ3) is 3.23. The van der Waals surface area contributed by atoms with Gasteiger partial charge in [-0.25, -0.2) is 18.4 Å². The number of hydrogen-bond donors (Lipinski definition) is 1. The van der Waals surface area contributed by atoms with Crippen LogP contribution in [-0.4, -0.2) is 19.7 Å². The molecule has 0 radical (unpaired) electrons. The lowest BCUT2D eigenvalue weighted by Gasteiger charge is -2.13. The van der Waals surface area contributed by atoms with Crippen LogP contribution in [0.25, 0.3) is 16.7 Å². The molecule has 0 aliphatic carbocycles. The van der Waals surface area contributed by atoms with Crippen LogP contribution in [-0.2, 0) is 0 Å². The van der Waals surface area contributed by atoms with Gasteiger partial charge in [0.15, 0.2) is 10.8 Å². The molecular formula is C19H14F2N4OS. The number of nitrogens with zero attached hydrogens (tertiary/aromatic N) is 3. The van der Waals surface area contributed by atoms with Crippen LogP contribution in [0, 0.1) is 11.6 Å². The van der Waals surface area contributed by atoms with E-state index in [1.165, 1.54) is 24.4 Å². The number of H-pyrrole nitrogens is 1. The molecule has 1 atom stereocenters. The van der Waals surface area contributed by atoms with Crippen molar-refractivity contribution < 1.29 is 8.78 Å². The Morgan fingerprint density at radius 2 is 1.78 bits per heavy atom.